The first-order valence-corrected chi connectivity index (χ1v) is 8.65. The molecule has 3 rings (SSSR count). The van der Waals surface area contributed by atoms with E-state index in [9.17, 15) is 9.90 Å². The maximum atomic E-state index is 12.3. The molecule has 0 radical (unpaired) electrons. The zero-order chi connectivity index (χ0) is 15.5. The summed E-state index contributed by atoms with van der Waals surface area (Å²) in [6.45, 7) is 3.27. The highest BCUT2D eigenvalue weighted by Gasteiger charge is 2.26. The van der Waals surface area contributed by atoms with E-state index in [1.54, 1.807) is 0 Å². The highest BCUT2D eigenvalue weighted by atomic mass is 32.2. The number of hydrogen-bond acceptors (Lipinski definition) is 4. The van der Waals surface area contributed by atoms with Gasteiger partial charge in [-0.25, -0.2) is 4.98 Å². The Morgan fingerprint density at radius 2 is 2.36 bits per heavy atom. The van der Waals surface area contributed by atoms with Crippen molar-refractivity contribution in [3.05, 3.63) is 24.3 Å². The largest absolute Gasteiger partial charge is 0.393 e. The summed E-state index contributed by atoms with van der Waals surface area (Å²) in [5, 5.41) is 10.5. The van der Waals surface area contributed by atoms with Crippen LogP contribution >= 0.6 is 11.8 Å². The number of aliphatic hydroxyl groups is 1. The van der Waals surface area contributed by atoms with E-state index < -0.39 is 0 Å². The van der Waals surface area contributed by atoms with Crippen LogP contribution in [0.25, 0.3) is 11.0 Å². The Morgan fingerprint density at radius 1 is 1.55 bits per heavy atom. The topological polar surface area (TPSA) is 69.2 Å². The Hall–Kier alpha value is -1.53. The number of piperidine rings is 1. The number of thioether (sulfide) groups is 1. The minimum absolute atomic E-state index is 0.121. The van der Waals surface area contributed by atoms with Crippen LogP contribution < -0.4 is 0 Å². The molecule has 2 aromatic rings. The van der Waals surface area contributed by atoms with Crippen molar-refractivity contribution in [2.75, 3.05) is 18.8 Å². The van der Waals surface area contributed by atoms with Gasteiger partial charge in [0.1, 0.15) is 0 Å². The van der Waals surface area contributed by atoms with E-state index in [2.05, 4.69) is 9.97 Å². The number of nitrogens with zero attached hydrogens (tertiary/aromatic N) is 2. The first kappa shape index (κ1) is 15.4. The molecule has 1 aliphatic heterocycles. The molecule has 2 unspecified atom stereocenters. The highest BCUT2D eigenvalue weighted by molar-refractivity contribution is 7.99. The summed E-state index contributed by atoms with van der Waals surface area (Å²) in [6.07, 6.45) is 1.62. The van der Waals surface area contributed by atoms with Crippen LogP contribution in [0.15, 0.2) is 29.4 Å². The molecule has 118 valence electrons. The predicted octanol–water partition coefficient (Wildman–Crippen LogP) is 2.27. The standard InChI is InChI=1S/C16H21N3O2S/c1-11(20)12-5-4-8-19(9-12)15(21)10-22-16-17-13-6-2-3-7-14(13)18-16/h2-3,6-7,11-12,20H,4-5,8-10H2,1H3,(H,17,18). The number of imidazole rings is 1. The van der Waals surface area contributed by atoms with Gasteiger partial charge in [0.25, 0.3) is 0 Å². The molecule has 2 heterocycles. The van der Waals surface area contributed by atoms with E-state index in [0.29, 0.717) is 12.3 Å². The number of amides is 1. The first-order chi connectivity index (χ1) is 10.6. The smallest absolute Gasteiger partial charge is 0.233 e. The lowest BCUT2D eigenvalue weighted by molar-refractivity contribution is -0.130. The van der Waals surface area contributed by atoms with Crippen LogP contribution in [0.2, 0.25) is 0 Å². The summed E-state index contributed by atoms with van der Waals surface area (Å²) < 4.78 is 0. The lowest BCUT2D eigenvalue weighted by Crippen LogP contribution is -2.43. The fourth-order valence-corrected chi connectivity index (χ4v) is 3.64. The van der Waals surface area contributed by atoms with Crippen LogP contribution in [0.5, 0.6) is 0 Å². The predicted molar refractivity (Wildman–Crippen MR) is 87.8 cm³/mol. The lowest BCUT2D eigenvalue weighted by Gasteiger charge is -2.34. The molecule has 1 aliphatic rings. The Bertz CT molecular complexity index is 623. The molecule has 1 saturated heterocycles. The van der Waals surface area contributed by atoms with Gasteiger partial charge >= 0.3 is 0 Å². The van der Waals surface area contributed by atoms with Gasteiger partial charge in [0.2, 0.25) is 5.91 Å². The average Bonchev–Trinajstić information content (AvgIpc) is 2.95. The molecule has 1 amide bonds. The number of para-hydroxylation sites is 2. The van der Waals surface area contributed by atoms with Gasteiger partial charge in [-0.3, -0.25) is 4.79 Å². The second-order valence-electron chi connectivity index (χ2n) is 5.83. The Labute approximate surface area is 134 Å². The first-order valence-electron chi connectivity index (χ1n) is 7.67. The minimum atomic E-state index is -0.348. The molecule has 0 bridgehead atoms. The number of rotatable bonds is 4. The third-order valence-electron chi connectivity index (χ3n) is 4.19. The van der Waals surface area contributed by atoms with E-state index in [1.165, 1.54) is 11.8 Å². The number of H-pyrrole nitrogens is 1. The fourth-order valence-electron chi connectivity index (χ4n) is 2.85. The molecule has 1 aromatic carbocycles. The van der Waals surface area contributed by atoms with Gasteiger partial charge in [-0.1, -0.05) is 23.9 Å². The third-order valence-corrected chi connectivity index (χ3v) is 5.05. The fraction of sp³-hybridized carbons (Fsp3) is 0.500. The van der Waals surface area contributed by atoms with Gasteiger partial charge in [0.15, 0.2) is 5.16 Å². The number of hydrogen-bond donors (Lipinski definition) is 2. The van der Waals surface area contributed by atoms with Crippen molar-refractivity contribution in [3.8, 4) is 0 Å². The summed E-state index contributed by atoms with van der Waals surface area (Å²) in [4.78, 5) is 21.9. The lowest BCUT2D eigenvalue weighted by atomic mass is 9.93. The zero-order valence-electron chi connectivity index (χ0n) is 12.7. The summed E-state index contributed by atoms with van der Waals surface area (Å²) >= 11 is 1.44. The minimum Gasteiger partial charge on any atom is -0.393 e. The third kappa shape index (κ3) is 3.44. The number of carbonyl (C=O) groups is 1. The van der Waals surface area contributed by atoms with Crippen molar-refractivity contribution in [3.63, 3.8) is 0 Å². The Morgan fingerprint density at radius 3 is 3.14 bits per heavy atom. The van der Waals surface area contributed by atoms with Gasteiger partial charge in [-0.05, 0) is 31.9 Å². The van der Waals surface area contributed by atoms with E-state index >= 15 is 0 Å². The van der Waals surface area contributed by atoms with Gasteiger partial charge in [0, 0.05) is 19.0 Å². The molecule has 2 atom stereocenters. The van der Waals surface area contributed by atoms with Crippen LogP contribution in [0, 0.1) is 5.92 Å². The molecule has 6 heteroatoms. The van der Waals surface area contributed by atoms with Gasteiger partial charge in [-0.2, -0.15) is 0 Å². The number of fused-ring (bicyclic) bond motifs is 1. The quantitative estimate of drug-likeness (QED) is 0.848. The maximum Gasteiger partial charge on any atom is 0.233 e. The molecule has 0 aliphatic carbocycles. The number of benzene rings is 1. The number of aromatic amines is 1. The number of aliphatic hydroxyl groups excluding tert-OH is 1. The van der Waals surface area contributed by atoms with Gasteiger partial charge < -0.3 is 15.0 Å². The van der Waals surface area contributed by atoms with Crippen molar-refractivity contribution in [1.29, 1.82) is 0 Å². The van der Waals surface area contributed by atoms with Crippen molar-refractivity contribution < 1.29 is 9.90 Å². The van der Waals surface area contributed by atoms with Crippen molar-refractivity contribution in [2.24, 2.45) is 5.92 Å². The summed E-state index contributed by atoms with van der Waals surface area (Å²) in [6, 6.07) is 7.85. The molecule has 0 spiro atoms. The average molecular weight is 319 g/mol. The molecular formula is C16H21N3O2S. The Kier molecular flexibility index (Phi) is 4.69. The highest BCUT2D eigenvalue weighted by Crippen LogP contribution is 2.23. The molecule has 1 fully saturated rings. The van der Waals surface area contributed by atoms with E-state index in [1.807, 2.05) is 36.1 Å². The maximum absolute atomic E-state index is 12.3. The molecule has 1 aromatic heterocycles. The van der Waals surface area contributed by atoms with Crippen molar-refractivity contribution in [2.45, 2.75) is 31.0 Å². The monoisotopic (exact) mass is 319 g/mol. The molecule has 0 saturated carbocycles. The number of nitrogens with one attached hydrogen (secondary N) is 1. The van der Waals surface area contributed by atoms with Gasteiger partial charge in [0.05, 0.1) is 22.9 Å². The van der Waals surface area contributed by atoms with Crippen LogP contribution in [0.3, 0.4) is 0 Å². The summed E-state index contributed by atoms with van der Waals surface area (Å²) in [5.74, 6) is 0.705. The SMILES string of the molecule is CC(O)C1CCCN(C(=O)CSc2nc3ccccc3[nH]2)C1. The van der Waals surface area contributed by atoms with E-state index in [0.717, 1.165) is 35.6 Å². The second-order valence-corrected chi connectivity index (χ2v) is 6.79. The number of carbonyl (C=O) groups excluding carboxylic acids is 1. The normalized spacial score (nSPS) is 20.3. The van der Waals surface area contributed by atoms with E-state index in [-0.39, 0.29) is 17.9 Å². The summed E-state index contributed by atoms with van der Waals surface area (Å²) in [5.41, 5.74) is 1.91. The number of likely N-dealkylation sites (tertiary alicyclic amines) is 1. The molecular weight excluding hydrogens is 298 g/mol. The van der Waals surface area contributed by atoms with Crippen LogP contribution in [-0.2, 0) is 4.79 Å². The van der Waals surface area contributed by atoms with Crippen molar-refractivity contribution in [1.82, 2.24) is 14.9 Å². The van der Waals surface area contributed by atoms with Crippen LogP contribution in [-0.4, -0.2) is 50.8 Å². The zero-order valence-corrected chi connectivity index (χ0v) is 13.5. The number of aromatic nitrogens is 2. The Balaban J connectivity index is 1.57. The molecule has 22 heavy (non-hydrogen) atoms. The molecule has 2 N–H and O–H groups in total. The van der Waals surface area contributed by atoms with Crippen molar-refractivity contribution >= 4 is 28.7 Å². The second kappa shape index (κ2) is 6.71. The van der Waals surface area contributed by atoms with Crippen LogP contribution in [0.4, 0.5) is 0 Å². The summed E-state index contributed by atoms with van der Waals surface area (Å²) in [7, 11) is 0. The van der Waals surface area contributed by atoms with Crippen LogP contribution in [0.1, 0.15) is 19.8 Å². The van der Waals surface area contributed by atoms with Gasteiger partial charge in [-0.15, -0.1) is 0 Å². The molecule has 5 nitrogen and oxygen atoms in total. The van der Waals surface area contributed by atoms with E-state index in [4.69, 9.17) is 0 Å².